The van der Waals surface area contributed by atoms with Crippen molar-refractivity contribution in [1.29, 1.82) is 0 Å². The zero-order valence-electron chi connectivity index (χ0n) is 16.0. The van der Waals surface area contributed by atoms with Gasteiger partial charge in [-0.2, -0.15) is 0 Å². The molecule has 6 aromatic rings. The van der Waals surface area contributed by atoms with Crippen molar-refractivity contribution in [2.24, 2.45) is 0 Å². The van der Waals surface area contributed by atoms with E-state index in [0.29, 0.717) is 5.95 Å². The van der Waals surface area contributed by atoms with Crippen LogP contribution in [0.3, 0.4) is 0 Å². The molecule has 0 atom stereocenters. The second-order valence-corrected chi connectivity index (χ2v) is 8.23. The average molecular weight is 450 g/mol. The Balaban J connectivity index is 1.65. The summed E-state index contributed by atoms with van der Waals surface area (Å²) in [6.07, 6.45) is 3.80. The fourth-order valence-corrected chi connectivity index (χ4v) is 4.56. The summed E-state index contributed by atoms with van der Waals surface area (Å²) in [5.74, 6) is 0.673. The molecule has 0 radical (unpaired) electrons. The van der Waals surface area contributed by atoms with E-state index in [1.54, 1.807) is 0 Å². The van der Waals surface area contributed by atoms with Crippen LogP contribution in [0.1, 0.15) is 0 Å². The van der Waals surface area contributed by atoms with E-state index >= 15 is 0 Å². The Kier molecular flexibility index (Phi) is 3.93. The number of halogens is 1. The van der Waals surface area contributed by atoms with Crippen molar-refractivity contribution >= 4 is 48.5 Å². The Morgan fingerprint density at radius 2 is 1.37 bits per heavy atom. The van der Waals surface area contributed by atoms with Crippen molar-refractivity contribution in [3.63, 3.8) is 0 Å². The number of hydrogen-bond donors (Lipinski definition) is 0. The molecule has 0 aliphatic carbocycles. The van der Waals surface area contributed by atoms with Gasteiger partial charge in [0.25, 0.3) is 0 Å². The first-order valence-electron chi connectivity index (χ1n) is 9.79. The third-order valence-electron chi connectivity index (χ3n) is 5.56. The summed E-state index contributed by atoms with van der Waals surface area (Å²) >= 11 is 3.64. The highest BCUT2D eigenvalue weighted by molar-refractivity contribution is 9.10. The SMILES string of the molecule is Brc1ccc2c(c1)c1c3ccccc3ccc1n2-c1ncc(-c2ccccc2)cn1. The molecule has 4 heteroatoms. The maximum absolute atomic E-state index is 4.74. The van der Waals surface area contributed by atoms with Crippen LogP contribution in [-0.4, -0.2) is 14.5 Å². The molecule has 0 unspecified atom stereocenters. The molecule has 4 aromatic carbocycles. The number of rotatable bonds is 2. The highest BCUT2D eigenvalue weighted by atomic mass is 79.9. The van der Waals surface area contributed by atoms with Crippen molar-refractivity contribution in [2.45, 2.75) is 0 Å². The van der Waals surface area contributed by atoms with Crippen LogP contribution in [0.4, 0.5) is 0 Å². The molecule has 0 amide bonds. The monoisotopic (exact) mass is 449 g/mol. The maximum atomic E-state index is 4.74. The number of benzene rings is 4. The highest BCUT2D eigenvalue weighted by Crippen LogP contribution is 2.37. The molecule has 0 N–H and O–H groups in total. The van der Waals surface area contributed by atoms with Crippen LogP contribution in [0.2, 0.25) is 0 Å². The average Bonchev–Trinajstić information content (AvgIpc) is 3.13. The Hall–Kier alpha value is -3.50. The molecule has 0 spiro atoms. The predicted molar refractivity (Wildman–Crippen MR) is 127 cm³/mol. The van der Waals surface area contributed by atoms with E-state index in [1.807, 2.05) is 30.6 Å². The standard InChI is InChI=1S/C26H16BrN3/c27-20-11-13-23-22(14-20)25-21-9-5-4-8-18(21)10-12-24(25)30(23)26-28-15-19(16-29-26)17-6-2-1-3-7-17/h1-16H. The van der Waals surface area contributed by atoms with Crippen molar-refractivity contribution in [2.75, 3.05) is 0 Å². The molecule has 30 heavy (non-hydrogen) atoms. The zero-order valence-corrected chi connectivity index (χ0v) is 17.5. The molecular weight excluding hydrogens is 434 g/mol. The van der Waals surface area contributed by atoms with Crippen molar-refractivity contribution in [3.8, 4) is 17.1 Å². The van der Waals surface area contributed by atoms with Gasteiger partial charge in [0.1, 0.15) is 0 Å². The Morgan fingerprint density at radius 3 is 2.20 bits per heavy atom. The Bertz CT molecular complexity index is 1530. The fourth-order valence-electron chi connectivity index (χ4n) is 4.19. The van der Waals surface area contributed by atoms with Gasteiger partial charge in [0.2, 0.25) is 5.95 Å². The van der Waals surface area contributed by atoms with Gasteiger partial charge in [-0.3, -0.25) is 4.57 Å². The first kappa shape index (κ1) is 17.4. The van der Waals surface area contributed by atoms with E-state index < -0.39 is 0 Å². The maximum Gasteiger partial charge on any atom is 0.234 e. The van der Waals surface area contributed by atoms with E-state index in [4.69, 9.17) is 9.97 Å². The minimum absolute atomic E-state index is 0.673. The molecule has 0 fully saturated rings. The molecule has 0 bridgehead atoms. The second kappa shape index (κ2) is 6.78. The summed E-state index contributed by atoms with van der Waals surface area (Å²) in [6.45, 7) is 0. The van der Waals surface area contributed by atoms with Gasteiger partial charge < -0.3 is 0 Å². The normalized spacial score (nSPS) is 11.5. The summed E-state index contributed by atoms with van der Waals surface area (Å²) < 4.78 is 3.21. The molecule has 142 valence electrons. The third kappa shape index (κ3) is 2.65. The van der Waals surface area contributed by atoms with Crippen LogP contribution >= 0.6 is 15.9 Å². The van der Waals surface area contributed by atoms with Crippen LogP contribution in [0.5, 0.6) is 0 Å². The van der Waals surface area contributed by atoms with Gasteiger partial charge in [-0.25, -0.2) is 9.97 Å². The Labute approximate surface area is 181 Å². The number of aromatic nitrogens is 3. The zero-order chi connectivity index (χ0) is 20.1. The minimum atomic E-state index is 0.673. The lowest BCUT2D eigenvalue weighted by Gasteiger charge is -2.07. The number of fused-ring (bicyclic) bond motifs is 5. The van der Waals surface area contributed by atoms with E-state index in [2.05, 4.69) is 87.2 Å². The lowest BCUT2D eigenvalue weighted by atomic mass is 10.0. The predicted octanol–water partition coefficient (Wildman–Crippen LogP) is 7.16. The molecule has 0 aliphatic rings. The smallest absolute Gasteiger partial charge is 0.234 e. The van der Waals surface area contributed by atoms with Crippen LogP contribution in [-0.2, 0) is 0 Å². The van der Waals surface area contributed by atoms with E-state index in [-0.39, 0.29) is 0 Å². The summed E-state index contributed by atoms with van der Waals surface area (Å²) in [7, 11) is 0. The van der Waals surface area contributed by atoms with Gasteiger partial charge in [-0.15, -0.1) is 0 Å². The van der Waals surface area contributed by atoms with Crippen LogP contribution in [0.15, 0.2) is 102 Å². The topological polar surface area (TPSA) is 30.7 Å². The molecule has 2 aromatic heterocycles. The van der Waals surface area contributed by atoms with Crippen molar-refractivity contribution in [3.05, 3.63) is 102 Å². The first-order valence-corrected chi connectivity index (χ1v) is 10.6. The van der Waals surface area contributed by atoms with E-state index in [9.17, 15) is 0 Å². The second-order valence-electron chi connectivity index (χ2n) is 7.32. The van der Waals surface area contributed by atoms with Crippen LogP contribution in [0, 0.1) is 0 Å². The van der Waals surface area contributed by atoms with Gasteiger partial charge in [0.05, 0.1) is 11.0 Å². The van der Waals surface area contributed by atoms with Gasteiger partial charge >= 0.3 is 0 Å². The largest absolute Gasteiger partial charge is 0.278 e. The fraction of sp³-hybridized carbons (Fsp3) is 0. The molecule has 0 saturated heterocycles. The lowest BCUT2D eigenvalue weighted by Crippen LogP contribution is -2.00. The summed E-state index contributed by atoms with van der Waals surface area (Å²) in [5, 5.41) is 4.87. The van der Waals surface area contributed by atoms with Crippen LogP contribution < -0.4 is 0 Å². The summed E-state index contributed by atoms with van der Waals surface area (Å²) in [5.41, 5.74) is 4.32. The quantitative estimate of drug-likeness (QED) is 0.280. The summed E-state index contributed by atoms with van der Waals surface area (Å²) in [4.78, 5) is 9.48. The molecule has 0 aliphatic heterocycles. The highest BCUT2D eigenvalue weighted by Gasteiger charge is 2.16. The Morgan fingerprint density at radius 1 is 0.633 bits per heavy atom. The molecule has 6 rings (SSSR count). The van der Waals surface area contributed by atoms with Gasteiger partial charge in [0, 0.05) is 33.2 Å². The lowest BCUT2D eigenvalue weighted by molar-refractivity contribution is 0.990. The molecule has 3 nitrogen and oxygen atoms in total. The van der Waals surface area contributed by atoms with Crippen molar-refractivity contribution in [1.82, 2.24) is 14.5 Å². The number of hydrogen-bond acceptors (Lipinski definition) is 2. The first-order chi connectivity index (χ1) is 14.8. The van der Waals surface area contributed by atoms with E-state index in [1.165, 1.54) is 21.5 Å². The van der Waals surface area contributed by atoms with Gasteiger partial charge in [-0.1, -0.05) is 76.6 Å². The van der Waals surface area contributed by atoms with Crippen LogP contribution in [0.25, 0.3) is 49.7 Å². The molecular formula is C26H16BrN3. The summed E-state index contributed by atoms with van der Waals surface area (Å²) in [6, 6.07) is 29.4. The van der Waals surface area contributed by atoms with Gasteiger partial charge in [-0.05, 0) is 40.6 Å². The van der Waals surface area contributed by atoms with Gasteiger partial charge in [0.15, 0.2) is 0 Å². The number of nitrogens with zero attached hydrogens (tertiary/aromatic N) is 3. The van der Waals surface area contributed by atoms with E-state index in [0.717, 1.165) is 26.6 Å². The van der Waals surface area contributed by atoms with Crippen molar-refractivity contribution < 1.29 is 0 Å². The molecule has 2 heterocycles. The third-order valence-corrected chi connectivity index (χ3v) is 6.06. The molecule has 0 saturated carbocycles. The minimum Gasteiger partial charge on any atom is -0.278 e.